The third kappa shape index (κ3) is 1.39. The summed E-state index contributed by atoms with van der Waals surface area (Å²) in [5, 5.41) is 19.1. The molecule has 1 aromatic carbocycles. The minimum absolute atomic E-state index is 0.197. The first-order valence-electron chi connectivity index (χ1n) is 5.51. The lowest BCUT2D eigenvalue weighted by Crippen LogP contribution is -2.42. The van der Waals surface area contributed by atoms with Crippen molar-refractivity contribution in [1.82, 2.24) is 0 Å². The molecule has 0 aromatic heterocycles. The molecule has 0 saturated heterocycles. The zero-order chi connectivity index (χ0) is 11.9. The van der Waals surface area contributed by atoms with Crippen molar-refractivity contribution in [3.8, 4) is 5.75 Å². The highest BCUT2D eigenvalue weighted by Gasteiger charge is 2.46. The molecule has 2 N–H and O–H groups in total. The van der Waals surface area contributed by atoms with Gasteiger partial charge in [0.25, 0.3) is 0 Å². The maximum Gasteiger partial charge on any atom is 0.314 e. The second-order valence-electron chi connectivity index (χ2n) is 4.68. The van der Waals surface area contributed by atoms with E-state index in [-0.39, 0.29) is 5.75 Å². The van der Waals surface area contributed by atoms with Crippen molar-refractivity contribution in [2.24, 2.45) is 0 Å². The van der Waals surface area contributed by atoms with Gasteiger partial charge >= 0.3 is 5.97 Å². The fourth-order valence-electron chi connectivity index (χ4n) is 2.27. The molecule has 0 heterocycles. The Morgan fingerprint density at radius 2 is 1.94 bits per heavy atom. The molecule has 1 saturated carbocycles. The van der Waals surface area contributed by atoms with Gasteiger partial charge < -0.3 is 10.2 Å². The number of carbonyl (C=O) groups is 1. The van der Waals surface area contributed by atoms with Gasteiger partial charge in [0.1, 0.15) is 5.75 Å². The lowest BCUT2D eigenvalue weighted by atomic mass is 9.64. The van der Waals surface area contributed by atoms with Crippen molar-refractivity contribution in [3.05, 3.63) is 28.8 Å². The summed E-state index contributed by atoms with van der Waals surface area (Å²) in [5.74, 6) is -0.580. The number of rotatable bonds is 2. The molecule has 1 fully saturated rings. The normalized spacial score (nSPS) is 17.9. The Balaban J connectivity index is 2.52. The highest BCUT2D eigenvalue weighted by molar-refractivity contribution is 5.83. The van der Waals surface area contributed by atoms with Crippen molar-refractivity contribution < 1.29 is 15.0 Å². The number of hydrogen-bond acceptors (Lipinski definition) is 2. The lowest BCUT2D eigenvalue weighted by Gasteiger charge is -2.38. The molecule has 0 spiro atoms. The van der Waals surface area contributed by atoms with Crippen LogP contribution in [0.1, 0.15) is 36.0 Å². The van der Waals surface area contributed by atoms with Crippen molar-refractivity contribution in [3.63, 3.8) is 0 Å². The largest absolute Gasteiger partial charge is 0.508 e. The number of aryl methyl sites for hydroxylation is 1. The first-order chi connectivity index (χ1) is 7.47. The van der Waals surface area contributed by atoms with Crippen molar-refractivity contribution >= 4 is 5.97 Å². The monoisotopic (exact) mass is 220 g/mol. The van der Waals surface area contributed by atoms with Crippen LogP contribution in [0.2, 0.25) is 0 Å². The minimum atomic E-state index is -0.776. The standard InChI is InChI=1S/C13H16O3/c1-8-6-10(7-11(14)9(8)2)13(12(15)16)4-3-5-13/h6-7,14H,3-5H2,1-2H3,(H,15,16). The molecule has 0 unspecified atom stereocenters. The Bertz CT molecular complexity index is 421. The molecule has 3 nitrogen and oxygen atoms in total. The van der Waals surface area contributed by atoms with Gasteiger partial charge in [0.15, 0.2) is 0 Å². The molecule has 2 rings (SSSR count). The van der Waals surface area contributed by atoms with Crippen LogP contribution >= 0.6 is 0 Å². The van der Waals surface area contributed by atoms with Gasteiger partial charge in [-0.3, -0.25) is 4.79 Å². The summed E-state index contributed by atoms with van der Waals surface area (Å²) in [7, 11) is 0. The third-order valence-electron chi connectivity index (χ3n) is 3.81. The Kier molecular flexibility index (Phi) is 2.41. The minimum Gasteiger partial charge on any atom is -0.508 e. The summed E-state index contributed by atoms with van der Waals surface area (Å²) in [6.07, 6.45) is 2.29. The van der Waals surface area contributed by atoms with Crippen LogP contribution in [0.15, 0.2) is 12.1 Å². The van der Waals surface area contributed by atoms with E-state index in [0.29, 0.717) is 12.8 Å². The van der Waals surface area contributed by atoms with Gasteiger partial charge in [-0.1, -0.05) is 12.5 Å². The fraction of sp³-hybridized carbons (Fsp3) is 0.462. The molecule has 0 amide bonds. The second-order valence-corrected chi connectivity index (χ2v) is 4.68. The summed E-state index contributed by atoms with van der Waals surface area (Å²) in [5.41, 5.74) is 1.76. The van der Waals surface area contributed by atoms with E-state index in [2.05, 4.69) is 0 Å². The second kappa shape index (κ2) is 3.51. The molecule has 1 aromatic rings. The van der Waals surface area contributed by atoms with Crippen LogP contribution < -0.4 is 0 Å². The molecule has 1 aliphatic rings. The molecule has 0 aliphatic heterocycles. The summed E-state index contributed by atoms with van der Waals surface area (Å²) in [4.78, 5) is 11.3. The van der Waals surface area contributed by atoms with Crippen LogP contribution in [0.3, 0.4) is 0 Å². The molecular formula is C13H16O3. The third-order valence-corrected chi connectivity index (χ3v) is 3.81. The molecule has 16 heavy (non-hydrogen) atoms. The van der Waals surface area contributed by atoms with Crippen LogP contribution in [0, 0.1) is 13.8 Å². The zero-order valence-electron chi connectivity index (χ0n) is 9.58. The highest BCUT2D eigenvalue weighted by Crippen LogP contribution is 2.45. The van der Waals surface area contributed by atoms with E-state index < -0.39 is 11.4 Å². The Hall–Kier alpha value is -1.51. The summed E-state index contributed by atoms with van der Waals surface area (Å²) < 4.78 is 0. The smallest absolute Gasteiger partial charge is 0.314 e. The molecule has 86 valence electrons. The summed E-state index contributed by atoms with van der Waals surface area (Å²) in [6, 6.07) is 3.50. The van der Waals surface area contributed by atoms with Crippen molar-refractivity contribution in [2.45, 2.75) is 38.5 Å². The van der Waals surface area contributed by atoms with Crippen LogP contribution in [0.5, 0.6) is 5.75 Å². The first kappa shape index (κ1) is 11.0. The molecular weight excluding hydrogens is 204 g/mol. The van der Waals surface area contributed by atoms with E-state index in [4.69, 9.17) is 0 Å². The fourth-order valence-corrected chi connectivity index (χ4v) is 2.27. The van der Waals surface area contributed by atoms with Crippen LogP contribution in [0.4, 0.5) is 0 Å². The SMILES string of the molecule is Cc1cc(C2(C(=O)O)CCC2)cc(O)c1C. The number of aromatic hydroxyl groups is 1. The number of carboxylic acid groups (broad SMARTS) is 1. The predicted octanol–water partition coefficient (Wildman–Crippen LogP) is 2.52. The average Bonchev–Trinajstić information content (AvgIpc) is 2.11. The van der Waals surface area contributed by atoms with E-state index in [1.807, 2.05) is 19.9 Å². The predicted molar refractivity (Wildman–Crippen MR) is 60.7 cm³/mol. The van der Waals surface area contributed by atoms with Gasteiger partial charge in [-0.25, -0.2) is 0 Å². The van der Waals surface area contributed by atoms with Gasteiger partial charge in [-0.15, -0.1) is 0 Å². The summed E-state index contributed by atoms with van der Waals surface area (Å²) >= 11 is 0. The van der Waals surface area contributed by atoms with Gasteiger partial charge in [0, 0.05) is 0 Å². The molecule has 1 aliphatic carbocycles. The quantitative estimate of drug-likeness (QED) is 0.805. The topological polar surface area (TPSA) is 57.5 Å². The first-order valence-corrected chi connectivity index (χ1v) is 5.51. The van der Waals surface area contributed by atoms with E-state index in [0.717, 1.165) is 23.1 Å². The van der Waals surface area contributed by atoms with E-state index >= 15 is 0 Å². The average molecular weight is 220 g/mol. The molecule has 0 bridgehead atoms. The van der Waals surface area contributed by atoms with Gasteiger partial charge in [-0.05, 0) is 49.4 Å². The molecule has 3 heteroatoms. The summed E-state index contributed by atoms with van der Waals surface area (Å²) in [6.45, 7) is 3.73. The Morgan fingerprint density at radius 1 is 1.31 bits per heavy atom. The van der Waals surface area contributed by atoms with Crippen molar-refractivity contribution in [2.75, 3.05) is 0 Å². The molecule has 0 atom stereocenters. The zero-order valence-corrected chi connectivity index (χ0v) is 9.58. The van der Waals surface area contributed by atoms with Crippen LogP contribution in [0.25, 0.3) is 0 Å². The number of benzene rings is 1. The van der Waals surface area contributed by atoms with E-state index in [1.54, 1.807) is 6.07 Å². The number of phenols is 1. The lowest BCUT2D eigenvalue weighted by molar-refractivity contribution is -0.147. The Labute approximate surface area is 94.7 Å². The number of aliphatic carboxylic acids is 1. The van der Waals surface area contributed by atoms with E-state index in [1.165, 1.54) is 0 Å². The Morgan fingerprint density at radius 3 is 2.31 bits per heavy atom. The molecule has 0 radical (unpaired) electrons. The van der Waals surface area contributed by atoms with Gasteiger partial charge in [0.05, 0.1) is 5.41 Å². The maximum atomic E-state index is 11.3. The van der Waals surface area contributed by atoms with Crippen molar-refractivity contribution in [1.29, 1.82) is 0 Å². The van der Waals surface area contributed by atoms with Crippen LogP contribution in [-0.4, -0.2) is 16.2 Å². The van der Waals surface area contributed by atoms with Gasteiger partial charge in [0.2, 0.25) is 0 Å². The van der Waals surface area contributed by atoms with Crippen LogP contribution in [-0.2, 0) is 10.2 Å². The number of hydrogen-bond donors (Lipinski definition) is 2. The maximum absolute atomic E-state index is 11.3. The number of phenolic OH excluding ortho intramolecular Hbond substituents is 1. The number of carboxylic acids is 1. The highest BCUT2D eigenvalue weighted by atomic mass is 16.4. The van der Waals surface area contributed by atoms with Gasteiger partial charge in [-0.2, -0.15) is 0 Å². The van der Waals surface area contributed by atoms with E-state index in [9.17, 15) is 15.0 Å².